The molecule has 3 unspecified atom stereocenters. The molecule has 0 aromatic rings. The third-order valence-electron chi connectivity index (χ3n) is 11.7. The second-order valence-corrected chi connectivity index (χ2v) is 13.5. The lowest BCUT2D eigenvalue weighted by molar-refractivity contribution is -0.282. The van der Waals surface area contributed by atoms with Gasteiger partial charge in [-0.15, -0.1) is 0 Å². The first-order valence-corrected chi connectivity index (χ1v) is 13.6. The SMILES string of the molecule is CC(C)[C@@H](C)CC[C@@H](C)[C@H]1CCC2C3C[C@@H](O)[C@@]4(O)C[C@@H](O)CC[C@]4(C)C3[C@H](O)C[C@@]21C. The highest BCUT2D eigenvalue weighted by Gasteiger charge is 2.69. The van der Waals surface area contributed by atoms with Gasteiger partial charge in [0.25, 0.3) is 0 Å². The molecule has 12 atom stereocenters. The van der Waals surface area contributed by atoms with E-state index in [1.54, 1.807) is 0 Å². The summed E-state index contributed by atoms with van der Waals surface area (Å²) in [6.07, 6.45) is 6.06. The van der Waals surface area contributed by atoms with E-state index in [-0.39, 0.29) is 23.7 Å². The minimum atomic E-state index is -1.29. The summed E-state index contributed by atoms with van der Waals surface area (Å²) in [5.41, 5.74) is -1.72. The summed E-state index contributed by atoms with van der Waals surface area (Å²) in [7, 11) is 0. The van der Waals surface area contributed by atoms with Crippen LogP contribution in [-0.4, -0.2) is 44.3 Å². The molecule has 0 aromatic heterocycles. The molecule has 0 aliphatic heterocycles. The van der Waals surface area contributed by atoms with Gasteiger partial charge in [-0.1, -0.05) is 54.4 Å². The van der Waals surface area contributed by atoms with Crippen molar-refractivity contribution < 1.29 is 20.4 Å². The van der Waals surface area contributed by atoms with E-state index >= 15 is 0 Å². The fourth-order valence-electron chi connectivity index (χ4n) is 9.42. The zero-order valence-corrected chi connectivity index (χ0v) is 21.4. The van der Waals surface area contributed by atoms with Crippen LogP contribution in [0.4, 0.5) is 0 Å². The van der Waals surface area contributed by atoms with Gasteiger partial charge in [0, 0.05) is 11.8 Å². The highest BCUT2D eigenvalue weighted by atomic mass is 16.3. The molecule has 4 nitrogen and oxygen atoms in total. The molecule has 0 amide bonds. The smallest absolute Gasteiger partial charge is 0.0986 e. The molecule has 4 saturated carbocycles. The lowest BCUT2D eigenvalue weighted by Crippen LogP contribution is -2.71. The molecule has 0 bridgehead atoms. The van der Waals surface area contributed by atoms with Crippen molar-refractivity contribution in [3.05, 3.63) is 0 Å². The van der Waals surface area contributed by atoms with E-state index in [1.807, 2.05) is 0 Å². The quantitative estimate of drug-likeness (QED) is 0.486. The average molecular weight is 451 g/mol. The maximum Gasteiger partial charge on any atom is 0.0986 e. The summed E-state index contributed by atoms with van der Waals surface area (Å²) in [6, 6.07) is 0. The van der Waals surface area contributed by atoms with Crippen LogP contribution in [0, 0.1) is 52.3 Å². The highest BCUT2D eigenvalue weighted by molar-refractivity contribution is 5.19. The zero-order chi connectivity index (χ0) is 23.6. The molecule has 4 N–H and O–H groups in total. The second-order valence-electron chi connectivity index (χ2n) is 13.5. The van der Waals surface area contributed by atoms with Crippen LogP contribution < -0.4 is 0 Å². The first kappa shape index (κ1) is 24.9. The lowest BCUT2D eigenvalue weighted by Gasteiger charge is -2.66. The van der Waals surface area contributed by atoms with Crippen molar-refractivity contribution in [2.24, 2.45) is 52.3 Å². The third-order valence-corrected chi connectivity index (χ3v) is 11.7. The van der Waals surface area contributed by atoms with Gasteiger partial charge in [-0.05, 0) is 85.4 Å². The van der Waals surface area contributed by atoms with Gasteiger partial charge in [0.1, 0.15) is 0 Å². The normalized spacial score (nSPS) is 52.8. The molecule has 0 saturated heterocycles. The highest BCUT2D eigenvalue weighted by Crippen LogP contribution is 2.69. The van der Waals surface area contributed by atoms with E-state index in [4.69, 9.17) is 0 Å². The predicted octanol–water partition coefficient (Wildman–Crippen LogP) is 4.77. The summed E-state index contributed by atoms with van der Waals surface area (Å²) in [5.74, 6) is 3.53. The molecule has 0 radical (unpaired) electrons. The van der Waals surface area contributed by atoms with Gasteiger partial charge < -0.3 is 20.4 Å². The Bertz CT molecular complexity index is 680. The Kier molecular flexibility index (Phi) is 6.63. The van der Waals surface area contributed by atoms with Gasteiger partial charge in [0.2, 0.25) is 0 Å². The van der Waals surface area contributed by atoms with Crippen LogP contribution in [0.15, 0.2) is 0 Å². The zero-order valence-electron chi connectivity index (χ0n) is 21.4. The van der Waals surface area contributed by atoms with E-state index in [9.17, 15) is 20.4 Å². The number of hydrogen-bond donors (Lipinski definition) is 4. The minimum Gasteiger partial charge on any atom is -0.393 e. The Morgan fingerprint density at radius 3 is 2.25 bits per heavy atom. The Hall–Kier alpha value is -0.160. The Morgan fingerprint density at radius 2 is 1.59 bits per heavy atom. The molecule has 4 rings (SSSR count). The van der Waals surface area contributed by atoms with Crippen LogP contribution >= 0.6 is 0 Å². The number of rotatable bonds is 5. The first-order valence-electron chi connectivity index (χ1n) is 13.6. The number of aliphatic hydroxyl groups excluding tert-OH is 3. The summed E-state index contributed by atoms with van der Waals surface area (Å²) < 4.78 is 0. The standard InChI is InChI=1S/C28H50O4/c1-16(2)17(3)7-8-18(4)21-9-10-22-20-13-24(31)28(32)14-19(29)11-12-27(28,6)25(20)23(30)15-26(21,22)5/h16-25,29-32H,7-15H2,1-6H3/t17-,18+,19-,20?,21+,22?,23+,24+,25?,26+,27+,28-/m0/s1. The van der Waals surface area contributed by atoms with Crippen LogP contribution in [0.2, 0.25) is 0 Å². The largest absolute Gasteiger partial charge is 0.393 e. The molecule has 4 heteroatoms. The second kappa shape index (κ2) is 8.50. The average Bonchev–Trinajstić information content (AvgIpc) is 3.04. The van der Waals surface area contributed by atoms with Gasteiger partial charge in [-0.3, -0.25) is 0 Å². The summed E-state index contributed by atoms with van der Waals surface area (Å²) in [5, 5.41) is 44.7. The van der Waals surface area contributed by atoms with E-state index in [1.165, 1.54) is 25.7 Å². The lowest BCUT2D eigenvalue weighted by atomic mass is 9.41. The summed E-state index contributed by atoms with van der Waals surface area (Å²) >= 11 is 0. The molecule has 186 valence electrons. The van der Waals surface area contributed by atoms with E-state index in [0.29, 0.717) is 37.0 Å². The van der Waals surface area contributed by atoms with Crippen molar-refractivity contribution >= 4 is 0 Å². The summed E-state index contributed by atoms with van der Waals surface area (Å²) in [4.78, 5) is 0. The van der Waals surface area contributed by atoms with E-state index in [2.05, 4.69) is 41.5 Å². The van der Waals surface area contributed by atoms with Gasteiger partial charge >= 0.3 is 0 Å². The number of hydrogen-bond acceptors (Lipinski definition) is 4. The maximum atomic E-state index is 11.6. The van der Waals surface area contributed by atoms with Crippen molar-refractivity contribution in [2.45, 2.75) is 123 Å². The number of fused-ring (bicyclic) bond motifs is 5. The fraction of sp³-hybridized carbons (Fsp3) is 1.00. The molecule has 4 aliphatic carbocycles. The predicted molar refractivity (Wildman–Crippen MR) is 128 cm³/mol. The molecule has 4 aliphatic rings. The maximum absolute atomic E-state index is 11.6. The first-order chi connectivity index (χ1) is 14.8. The van der Waals surface area contributed by atoms with Crippen LogP contribution in [0.3, 0.4) is 0 Å². The van der Waals surface area contributed by atoms with Crippen molar-refractivity contribution in [3.63, 3.8) is 0 Å². The van der Waals surface area contributed by atoms with E-state index in [0.717, 1.165) is 18.3 Å². The van der Waals surface area contributed by atoms with Crippen LogP contribution in [0.25, 0.3) is 0 Å². The van der Waals surface area contributed by atoms with Crippen LogP contribution in [0.1, 0.15) is 99.3 Å². The third kappa shape index (κ3) is 3.62. The Balaban J connectivity index is 1.57. The molecular weight excluding hydrogens is 400 g/mol. The molecular formula is C28H50O4. The molecule has 4 fully saturated rings. The van der Waals surface area contributed by atoms with Crippen LogP contribution in [-0.2, 0) is 0 Å². The number of aliphatic hydroxyl groups is 4. The van der Waals surface area contributed by atoms with Gasteiger partial charge in [-0.2, -0.15) is 0 Å². The molecule has 0 spiro atoms. The monoisotopic (exact) mass is 450 g/mol. The van der Waals surface area contributed by atoms with Crippen molar-refractivity contribution in [2.75, 3.05) is 0 Å². The van der Waals surface area contributed by atoms with Crippen LogP contribution in [0.5, 0.6) is 0 Å². The summed E-state index contributed by atoms with van der Waals surface area (Å²) in [6.45, 7) is 14.0. The van der Waals surface area contributed by atoms with Crippen molar-refractivity contribution in [1.82, 2.24) is 0 Å². The van der Waals surface area contributed by atoms with Gasteiger partial charge in [-0.25, -0.2) is 0 Å². The van der Waals surface area contributed by atoms with Crippen molar-refractivity contribution in [3.8, 4) is 0 Å². The molecule has 0 heterocycles. The Morgan fingerprint density at radius 1 is 0.906 bits per heavy atom. The fourth-order valence-corrected chi connectivity index (χ4v) is 9.42. The molecule has 32 heavy (non-hydrogen) atoms. The van der Waals surface area contributed by atoms with Crippen molar-refractivity contribution in [1.29, 1.82) is 0 Å². The van der Waals surface area contributed by atoms with E-state index < -0.39 is 29.3 Å². The Labute approximate surface area is 196 Å². The minimum absolute atomic E-state index is 0.0106. The van der Waals surface area contributed by atoms with Gasteiger partial charge in [0.05, 0.1) is 23.9 Å². The van der Waals surface area contributed by atoms with Gasteiger partial charge in [0.15, 0.2) is 0 Å². The topological polar surface area (TPSA) is 80.9 Å². The molecule has 0 aromatic carbocycles.